The maximum atomic E-state index is 13.1. The molecule has 0 radical (unpaired) electrons. The largest absolute Gasteiger partial charge is 0.507 e. The standard InChI is InChI=1S/C13H9FN2O2/c14-8-3-4-12(17)9(6-8)10-7-11(16-15-10)13-2-1-5-18-13/h1-7,17H,(H,15,16). The van der Waals surface area contributed by atoms with Gasteiger partial charge in [0, 0.05) is 5.56 Å². The van der Waals surface area contributed by atoms with Gasteiger partial charge in [0.2, 0.25) is 0 Å². The van der Waals surface area contributed by atoms with Crippen LogP contribution in [-0.2, 0) is 0 Å². The number of benzene rings is 1. The average Bonchev–Trinajstić information content (AvgIpc) is 3.00. The summed E-state index contributed by atoms with van der Waals surface area (Å²) in [6, 6.07) is 8.95. The van der Waals surface area contributed by atoms with Crippen LogP contribution in [-0.4, -0.2) is 15.3 Å². The first-order chi connectivity index (χ1) is 8.74. The highest BCUT2D eigenvalue weighted by Crippen LogP contribution is 2.30. The van der Waals surface area contributed by atoms with Gasteiger partial charge in [-0.1, -0.05) is 0 Å². The molecule has 4 nitrogen and oxygen atoms in total. The summed E-state index contributed by atoms with van der Waals surface area (Å²) in [7, 11) is 0. The molecule has 0 spiro atoms. The van der Waals surface area contributed by atoms with E-state index in [1.165, 1.54) is 18.2 Å². The van der Waals surface area contributed by atoms with Gasteiger partial charge in [-0.3, -0.25) is 5.10 Å². The Kier molecular flexibility index (Phi) is 2.37. The van der Waals surface area contributed by atoms with Gasteiger partial charge in [-0.05, 0) is 36.4 Å². The molecule has 0 fully saturated rings. The molecular formula is C13H9FN2O2. The van der Waals surface area contributed by atoms with E-state index in [1.807, 2.05) is 0 Å². The van der Waals surface area contributed by atoms with Crippen molar-refractivity contribution in [2.75, 3.05) is 0 Å². The molecule has 0 saturated heterocycles. The van der Waals surface area contributed by atoms with Crippen molar-refractivity contribution in [3.8, 4) is 28.5 Å². The number of aromatic nitrogens is 2. The zero-order chi connectivity index (χ0) is 12.5. The second-order valence-electron chi connectivity index (χ2n) is 3.81. The molecule has 0 aliphatic heterocycles. The lowest BCUT2D eigenvalue weighted by atomic mass is 10.1. The third kappa shape index (κ3) is 1.75. The Morgan fingerprint density at radius 3 is 2.89 bits per heavy atom. The van der Waals surface area contributed by atoms with Crippen LogP contribution in [0.3, 0.4) is 0 Å². The van der Waals surface area contributed by atoms with Crippen molar-refractivity contribution < 1.29 is 13.9 Å². The number of rotatable bonds is 2. The number of aromatic hydroxyl groups is 1. The third-order valence-corrected chi connectivity index (χ3v) is 2.60. The van der Waals surface area contributed by atoms with Crippen molar-refractivity contribution in [1.82, 2.24) is 10.2 Å². The number of furan rings is 1. The highest BCUT2D eigenvalue weighted by Gasteiger charge is 2.11. The molecule has 1 aromatic carbocycles. The second-order valence-corrected chi connectivity index (χ2v) is 3.81. The van der Waals surface area contributed by atoms with Gasteiger partial charge >= 0.3 is 0 Å². The van der Waals surface area contributed by atoms with E-state index in [9.17, 15) is 9.50 Å². The van der Waals surface area contributed by atoms with Gasteiger partial charge in [-0.2, -0.15) is 5.10 Å². The zero-order valence-electron chi connectivity index (χ0n) is 9.22. The fourth-order valence-electron chi connectivity index (χ4n) is 1.73. The van der Waals surface area contributed by atoms with Crippen molar-refractivity contribution in [3.63, 3.8) is 0 Å². The normalized spacial score (nSPS) is 10.7. The minimum atomic E-state index is -0.426. The molecule has 3 rings (SSSR count). The molecule has 2 N–H and O–H groups in total. The fourth-order valence-corrected chi connectivity index (χ4v) is 1.73. The number of halogens is 1. The first-order valence-electron chi connectivity index (χ1n) is 5.32. The Morgan fingerprint density at radius 2 is 2.11 bits per heavy atom. The predicted molar refractivity (Wildman–Crippen MR) is 63.3 cm³/mol. The van der Waals surface area contributed by atoms with Gasteiger partial charge in [0.25, 0.3) is 0 Å². The molecule has 2 aromatic heterocycles. The van der Waals surface area contributed by atoms with Crippen molar-refractivity contribution in [2.24, 2.45) is 0 Å². The number of nitrogens with one attached hydrogen (secondary N) is 1. The SMILES string of the molecule is Oc1ccc(F)cc1-c1cc(-c2ccco2)[nH]n1. The number of hydrogen-bond donors (Lipinski definition) is 2. The fraction of sp³-hybridized carbons (Fsp3) is 0. The summed E-state index contributed by atoms with van der Waals surface area (Å²) >= 11 is 0. The number of nitrogens with zero attached hydrogens (tertiary/aromatic N) is 1. The maximum absolute atomic E-state index is 13.1. The van der Waals surface area contributed by atoms with Crippen LogP contribution in [0.25, 0.3) is 22.7 Å². The van der Waals surface area contributed by atoms with E-state index in [0.717, 1.165) is 0 Å². The maximum Gasteiger partial charge on any atom is 0.151 e. The summed E-state index contributed by atoms with van der Waals surface area (Å²) in [5.41, 5.74) is 1.46. The monoisotopic (exact) mass is 244 g/mol. The second kappa shape index (κ2) is 4.03. The van der Waals surface area contributed by atoms with E-state index in [0.29, 0.717) is 22.7 Å². The van der Waals surface area contributed by atoms with Crippen LogP contribution in [0.1, 0.15) is 0 Å². The van der Waals surface area contributed by atoms with E-state index in [-0.39, 0.29) is 5.75 Å². The van der Waals surface area contributed by atoms with Gasteiger partial charge in [0.05, 0.1) is 12.0 Å². The Labute approximate surface area is 102 Å². The molecule has 90 valence electrons. The minimum absolute atomic E-state index is 0.0195. The van der Waals surface area contributed by atoms with Gasteiger partial charge in [-0.25, -0.2) is 4.39 Å². The molecule has 2 heterocycles. The third-order valence-electron chi connectivity index (χ3n) is 2.60. The van der Waals surface area contributed by atoms with E-state index < -0.39 is 5.82 Å². The summed E-state index contributed by atoms with van der Waals surface area (Å²) in [5.74, 6) is 0.184. The van der Waals surface area contributed by atoms with Crippen molar-refractivity contribution in [3.05, 3.63) is 48.5 Å². The van der Waals surface area contributed by atoms with Gasteiger partial charge in [0.1, 0.15) is 17.3 Å². The van der Waals surface area contributed by atoms with E-state index in [4.69, 9.17) is 4.42 Å². The summed E-state index contributed by atoms with van der Waals surface area (Å²) in [6.45, 7) is 0. The number of aromatic amines is 1. The summed E-state index contributed by atoms with van der Waals surface area (Å²) in [4.78, 5) is 0. The quantitative estimate of drug-likeness (QED) is 0.727. The van der Waals surface area contributed by atoms with Crippen LogP contribution in [0.15, 0.2) is 47.1 Å². The Balaban J connectivity index is 2.05. The highest BCUT2D eigenvalue weighted by atomic mass is 19.1. The molecular weight excluding hydrogens is 235 g/mol. The van der Waals surface area contributed by atoms with E-state index >= 15 is 0 Å². The van der Waals surface area contributed by atoms with E-state index in [1.54, 1.807) is 24.5 Å². The Morgan fingerprint density at radius 1 is 1.22 bits per heavy atom. The van der Waals surface area contributed by atoms with Crippen LogP contribution in [0.4, 0.5) is 4.39 Å². The van der Waals surface area contributed by atoms with Crippen LogP contribution in [0.5, 0.6) is 5.75 Å². The minimum Gasteiger partial charge on any atom is -0.507 e. The summed E-state index contributed by atoms with van der Waals surface area (Å²) in [6.07, 6.45) is 1.55. The topological polar surface area (TPSA) is 62.1 Å². The highest BCUT2D eigenvalue weighted by molar-refractivity contribution is 5.70. The lowest BCUT2D eigenvalue weighted by Gasteiger charge is -1.99. The van der Waals surface area contributed by atoms with Crippen LogP contribution in [0.2, 0.25) is 0 Å². The van der Waals surface area contributed by atoms with Crippen molar-refractivity contribution in [2.45, 2.75) is 0 Å². The number of phenolic OH excluding ortho intramolecular Hbond substituents is 1. The molecule has 0 atom stereocenters. The molecule has 0 bridgehead atoms. The molecule has 0 aliphatic rings. The average molecular weight is 244 g/mol. The Hall–Kier alpha value is -2.56. The molecule has 0 saturated carbocycles. The summed E-state index contributed by atoms with van der Waals surface area (Å²) in [5, 5.41) is 16.5. The first kappa shape index (κ1) is 10.6. The number of phenols is 1. The molecule has 0 unspecified atom stereocenters. The molecule has 18 heavy (non-hydrogen) atoms. The predicted octanol–water partition coefficient (Wildman–Crippen LogP) is 3.18. The summed E-state index contributed by atoms with van der Waals surface area (Å²) < 4.78 is 18.4. The Bertz CT molecular complexity index is 674. The first-order valence-corrected chi connectivity index (χ1v) is 5.32. The molecule has 5 heteroatoms. The van der Waals surface area contributed by atoms with Gasteiger partial charge in [-0.15, -0.1) is 0 Å². The van der Waals surface area contributed by atoms with Crippen LogP contribution >= 0.6 is 0 Å². The molecule has 0 amide bonds. The van der Waals surface area contributed by atoms with Crippen LogP contribution in [0, 0.1) is 5.82 Å². The van der Waals surface area contributed by atoms with Gasteiger partial charge in [0.15, 0.2) is 5.76 Å². The van der Waals surface area contributed by atoms with Crippen molar-refractivity contribution >= 4 is 0 Å². The smallest absolute Gasteiger partial charge is 0.151 e. The molecule has 3 aromatic rings. The lowest BCUT2D eigenvalue weighted by molar-refractivity contribution is 0.475. The lowest BCUT2D eigenvalue weighted by Crippen LogP contribution is -1.81. The molecule has 0 aliphatic carbocycles. The number of hydrogen-bond acceptors (Lipinski definition) is 3. The van der Waals surface area contributed by atoms with Crippen LogP contribution < -0.4 is 0 Å². The van der Waals surface area contributed by atoms with Gasteiger partial charge < -0.3 is 9.52 Å². The van der Waals surface area contributed by atoms with Crippen molar-refractivity contribution in [1.29, 1.82) is 0 Å². The van der Waals surface area contributed by atoms with E-state index in [2.05, 4.69) is 10.2 Å². The number of H-pyrrole nitrogens is 1. The zero-order valence-corrected chi connectivity index (χ0v) is 9.22.